The normalized spacial score (nSPS) is 31.5. The first-order valence-corrected chi connectivity index (χ1v) is 3.43. The quantitative estimate of drug-likeness (QED) is 0.477. The number of nitrogens with two attached hydrogens (primary N) is 1. The minimum absolute atomic E-state index is 0.263. The summed E-state index contributed by atoms with van der Waals surface area (Å²) in [5, 5.41) is 12.0. The van der Waals surface area contributed by atoms with Crippen molar-refractivity contribution in [1.82, 2.24) is 10.2 Å². The van der Waals surface area contributed by atoms with Crippen molar-refractivity contribution in [2.45, 2.75) is 19.4 Å². The summed E-state index contributed by atoms with van der Waals surface area (Å²) in [6.45, 7) is 5.42. The van der Waals surface area contributed by atoms with Crippen LogP contribution in [0.25, 0.3) is 0 Å². The first-order chi connectivity index (χ1) is 5.15. The Hall–Kier alpha value is -0.840. The minimum atomic E-state index is -0.758. The largest absolute Gasteiger partial charge is 0.361 e. The Morgan fingerprint density at radius 3 is 3.09 bits per heavy atom. The summed E-state index contributed by atoms with van der Waals surface area (Å²) in [5.41, 5.74) is 6.55. The molecule has 4 heteroatoms. The first kappa shape index (κ1) is 8.26. The molecule has 1 aliphatic rings. The fourth-order valence-electron chi connectivity index (χ4n) is 0.917. The van der Waals surface area contributed by atoms with Gasteiger partial charge in [-0.05, 0) is 12.5 Å². The second-order valence-corrected chi connectivity index (χ2v) is 2.52. The highest BCUT2D eigenvalue weighted by Gasteiger charge is 2.19. The maximum atomic E-state index is 9.28. The molecule has 0 saturated carbocycles. The highest BCUT2D eigenvalue weighted by molar-refractivity contribution is 5.10. The van der Waals surface area contributed by atoms with Crippen molar-refractivity contribution in [2.75, 3.05) is 0 Å². The van der Waals surface area contributed by atoms with Gasteiger partial charge >= 0.3 is 0 Å². The van der Waals surface area contributed by atoms with E-state index < -0.39 is 6.35 Å². The number of rotatable bonds is 1. The monoisotopic (exact) mass is 155 g/mol. The molecule has 1 aliphatic heterocycles. The van der Waals surface area contributed by atoms with Gasteiger partial charge in [0.2, 0.25) is 0 Å². The Labute approximate surface area is 66.0 Å². The van der Waals surface area contributed by atoms with E-state index in [0.29, 0.717) is 0 Å². The fraction of sp³-hybridized carbons (Fsp3) is 0.429. The summed E-state index contributed by atoms with van der Waals surface area (Å²) in [5.74, 6) is 0. The van der Waals surface area contributed by atoms with Crippen molar-refractivity contribution >= 4 is 0 Å². The van der Waals surface area contributed by atoms with Gasteiger partial charge in [-0.15, -0.1) is 0 Å². The molecule has 4 N–H and O–H groups in total. The van der Waals surface area contributed by atoms with Crippen LogP contribution in [0.1, 0.15) is 6.92 Å². The SMILES string of the molecule is C=CN1C=C(C)C(N)NC1O. The summed E-state index contributed by atoms with van der Waals surface area (Å²) in [4.78, 5) is 1.55. The van der Waals surface area contributed by atoms with Crippen LogP contribution in [0.15, 0.2) is 24.6 Å². The summed E-state index contributed by atoms with van der Waals surface area (Å²) in [6, 6.07) is 0. The standard InChI is InChI=1S/C7H13N3O/c1-3-10-4-5(2)6(8)9-7(10)11/h3-4,6-7,9,11H,1,8H2,2H3. The summed E-state index contributed by atoms with van der Waals surface area (Å²) in [6.07, 6.45) is 2.28. The molecule has 0 amide bonds. The average Bonchev–Trinajstić information content (AvgIpc) is 1.97. The summed E-state index contributed by atoms with van der Waals surface area (Å²) in [7, 11) is 0. The zero-order chi connectivity index (χ0) is 8.43. The maximum Gasteiger partial charge on any atom is 0.188 e. The van der Waals surface area contributed by atoms with E-state index in [-0.39, 0.29) is 6.17 Å². The molecule has 62 valence electrons. The van der Waals surface area contributed by atoms with Crippen molar-refractivity contribution in [3.05, 3.63) is 24.6 Å². The molecule has 0 saturated heterocycles. The Balaban J connectivity index is 2.77. The van der Waals surface area contributed by atoms with Gasteiger partial charge < -0.3 is 15.7 Å². The van der Waals surface area contributed by atoms with Crippen LogP contribution >= 0.6 is 0 Å². The fourth-order valence-corrected chi connectivity index (χ4v) is 0.917. The molecule has 2 atom stereocenters. The van der Waals surface area contributed by atoms with Crippen molar-refractivity contribution < 1.29 is 5.11 Å². The van der Waals surface area contributed by atoms with E-state index in [1.165, 1.54) is 6.20 Å². The molecule has 2 unspecified atom stereocenters. The molecule has 0 radical (unpaired) electrons. The molecule has 0 fully saturated rings. The molecular formula is C7H13N3O. The third-order valence-corrected chi connectivity index (χ3v) is 1.67. The lowest BCUT2D eigenvalue weighted by molar-refractivity contribution is 0.0203. The van der Waals surface area contributed by atoms with E-state index in [0.717, 1.165) is 5.57 Å². The zero-order valence-electron chi connectivity index (χ0n) is 6.49. The van der Waals surface area contributed by atoms with E-state index in [2.05, 4.69) is 11.9 Å². The number of nitrogens with zero attached hydrogens (tertiary/aromatic N) is 1. The van der Waals surface area contributed by atoms with Gasteiger partial charge in [0, 0.05) is 12.4 Å². The van der Waals surface area contributed by atoms with Gasteiger partial charge in [0.05, 0.1) is 6.17 Å². The van der Waals surface area contributed by atoms with Crippen LogP contribution in [0.5, 0.6) is 0 Å². The predicted octanol–water partition coefficient (Wildman–Crippen LogP) is -0.500. The molecule has 0 aromatic rings. The number of aliphatic hydroxyl groups is 1. The van der Waals surface area contributed by atoms with Crippen LogP contribution in [-0.4, -0.2) is 22.5 Å². The first-order valence-electron chi connectivity index (χ1n) is 3.43. The lowest BCUT2D eigenvalue weighted by Gasteiger charge is -2.32. The third-order valence-electron chi connectivity index (χ3n) is 1.67. The molecule has 4 nitrogen and oxygen atoms in total. The van der Waals surface area contributed by atoms with Gasteiger partial charge in [-0.25, -0.2) is 0 Å². The highest BCUT2D eigenvalue weighted by atomic mass is 16.3. The van der Waals surface area contributed by atoms with Crippen LogP contribution in [-0.2, 0) is 0 Å². The second kappa shape index (κ2) is 3.04. The molecule has 0 spiro atoms. The number of nitrogens with one attached hydrogen (secondary N) is 1. The molecule has 0 aromatic carbocycles. The maximum absolute atomic E-state index is 9.28. The van der Waals surface area contributed by atoms with Gasteiger partial charge in [-0.1, -0.05) is 6.58 Å². The van der Waals surface area contributed by atoms with Crippen LogP contribution in [0.2, 0.25) is 0 Å². The van der Waals surface area contributed by atoms with E-state index >= 15 is 0 Å². The Bertz CT molecular complexity index is 190. The lowest BCUT2D eigenvalue weighted by atomic mass is 10.2. The lowest BCUT2D eigenvalue weighted by Crippen LogP contribution is -2.53. The average molecular weight is 155 g/mol. The molecule has 0 aliphatic carbocycles. The van der Waals surface area contributed by atoms with Crippen LogP contribution in [0, 0.1) is 0 Å². The second-order valence-electron chi connectivity index (χ2n) is 2.52. The minimum Gasteiger partial charge on any atom is -0.361 e. The van der Waals surface area contributed by atoms with Crippen LogP contribution in [0.3, 0.4) is 0 Å². The van der Waals surface area contributed by atoms with Crippen LogP contribution in [0.4, 0.5) is 0 Å². The summed E-state index contributed by atoms with van der Waals surface area (Å²) < 4.78 is 0. The molecule has 0 aromatic heterocycles. The van der Waals surface area contributed by atoms with Crippen molar-refractivity contribution in [3.8, 4) is 0 Å². The van der Waals surface area contributed by atoms with Crippen molar-refractivity contribution in [1.29, 1.82) is 0 Å². The molecule has 0 bridgehead atoms. The van der Waals surface area contributed by atoms with Gasteiger partial charge in [0.1, 0.15) is 0 Å². The highest BCUT2D eigenvalue weighted by Crippen LogP contribution is 2.08. The Kier molecular flexibility index (Phi) is 2.28. The van der Waals surface area contributed by atoms with Gasteiger partial charge in [-0.2, -0.15) is 0 Å². The van der Waals surface area contributed by atoms with Crippen LogP contribution < -0.4 is 11.1 Å². The van der Waals surface area contributed by atoms with Crippen molar-refractivity contribution in [2.24, 2.45) is 5.73 Å². The third kappa shape index (κ3) is 1.59. The van der Waals surface area contributed by atoms with E-state index in [1.54, 1.807) is 11.1 Å². The molecular weight excluding hydrogens is 142 g/mol. The molecule has 1 heterocycles. The van der Waals surface area contributed by atoms with Gasteiger partial charge in [0.15, 0.2) is 6.35 Å². The van der Waals surface area contributed by atoms with Crippen molar-refractivity contribution in [3.63, 3.8) is 0 Å². The van der Waals surface area contributed by atoms with Gasteiger partial charge in [0.25, 0.3) is 0 Å². The van der Waals surface area contributed by atoms with E-state index in [9.17, 15) is 5.11 Å². The topological polar surface area (TPSA) is 61.5 Å². The Morgan fingerprint density at radius 1 is 1.91 bits per heavy atom. The Morgan fingerprint density at radius 2 is 2.55 bits per heavy atom. The number of aliphatic hydroxyl groups excluding tert-OH is 1. The predicted molar refractivity (Wildman–Crippen MR) is 42.9 cm³/mol. The van der Waals surface area contributed by atoms with E-state index in [4.69, 9.17) is 5.73 Å². The summed E-state index contributed by atoms with van der Waals surface area (Å²) >= 11 is 0. The molecule has 1 rings (SSSR count). The molecule has 11 heavy (non-hydrogen) atoms. The number of hydrogen-bond acceptors (Lipinski definition) is 4. The van der Waals surface area contributed by atoms with Gasteiger partial charge in [-0.3, -0.25) is 5.32 Å². The van der Waals surface area contributed by atoms with E-state index in [1.807, 2.05) is 6.92 Å². The zero-order valence-corrected chi connectivity index (χ0v) is 6.49. The number of hydrogen-bond donors (Lipinski definition) is 3. The smallest absolute Gasteiger partial charge is 0.188 e.